The van der Waals surface area contributed by atoms with E-state index in [4.69, 9.17) is 5.73 Å². The van der Waals surface area contributed by atoms with E-state index in [1.807, 2.05) is 6.92 Å². The van der Waals surface area contributed by atoms with Crippen molar-refractivity contribution in [2.45, 2.75) is 43.5 Å². The summed E-state index contributed by atoms with van der Waals surface area (Å²) in [7, 11) is -3.69. The molecule has 2 aromatic rings. The Morgan fingerprint density at radius 1 is 1.11 bits per heavy atom. The lowest BCUT2D eigenvalue weighted by atomic mass is 9.85. The number of halogens is 1. The Balaban J connectivity index is 0.00000280. The standard InChI is InChI=1S/C20H25N3O3S.ClH/c1-14-10-11-17(22-20(24)15-6-5-7-16(21)12-15)13-19(14)23-27(25,26)18-8-3-2-4-9-18;/h2-4,8-11,13,15-16,23H,5-7,12,21H2,1H3,(H,22,24);1H. The van der Waals surface area contributed by atoms with Gasteiger partial charge in [0.15, 0.2) is 0 Å². The molecule has 1 fully saturated rings. The molecular formula is C20H26ClN3O3S. The van der Waals surface area contributed by atoms with Crippen LogP contribution in [0.15, 0.2) is 53.4 Å². The van der Waals surface area contributed by atoms with Gasteiger partial charge in [0, 0.05) is 17.6 Å². The monoisotopic (exact) mass is 423 g/mol. The zero-order chi connectivity index (χ0) is 19.4. The fourth-order valence-electron chi connectivity index (χ4n) is 3.32. The molecule has 0 spiro atoms. The lowest BCUT2D eigenvalue weighted by molar-refractivity contribution is -0.120. The minimum Gasteiger partial charge on any atom is -0.328 e. The Morgan fingerprint density at radius 2 is 1.82 bits per heavy atom. The molecule has 1 aliphatic rings. The van der Waals surface area contributed by atoms with E-state index in [1.54, 1.807) is 36.4 Å². The second-order valence-corrected chi connectivity index (χ2v) is 8.74. The number of aryl methyl sites for hydroxylation is 1. The molecule has 0 bridgehead atoms. The highest BCUT2D eigenvalue weighted by molar-refractivity contribution is 7.92. The third-order valence-electron chi connectivity index (χ3n) is 4.89. The number of sulfonamides is 1. The molecule has 3 rings (SSSR count). The maximum absolute atomic E-state index is 12.6. The van der Waals surface area contributed by atoms with E-state index in [0.29, 0.717) is 17.8 Å². The molecule has 0 saturated heterocycles. The van der Waals surface area contributed by atoms with E-state index in [-0.39, 0.29) is 35.2 Å². The van der Waals surface area contributed by atoms with Crippen LogP contribution in [0.2, 0.25) is 0 Å². The normalized spacial score (nSPS) is 19.4. The molecule has 1 amide bonds. The summed E-state index contributed by atoms with van der Waals surface area (Å²) in [5.74, 6) is -0.162. The molecule has 2 unspecified atom stereocenters. The van der Waals surface area contributed by atoms with Crippen molar-refractivity contribution in [3.8, 4) is 0 Å². The molecular weight excluding hydrogens is 398 g/mol. The highest BCUT2D eigenvalue weighted by atomic mass is 35.5. The average molecular weight is 424 g/mol. The van der Waals surface area contributed by atoms with E-state index in [1.165, 1.54) is 12.1 Å². The zero-order valence-corrected chi connectivity index (χ0v) is 17.4. The number of hydrogen-bond acceptors (Lipinski definition) is 4. The summed E-state index contributed by atoms with van der Waals surface area (Å²) in [6, 6.07) is 13.5. The molecule has 0 heterocycles. The first kappa shape index (κ1) is 22.2. The molecule has 28 heavy (non-hydrogen) atoms. The topological polar surface area (TPSA) is 101 Å². The van der Waals surface area contributed by atoms with Crippen LogP contribution in [0.25, 0.3) is 0 Å². The molecule has 1 aliphatic carbocycles. The van der Waals surface area contributed by atoms with Gasteiger partial charge in [-0.25, -0.2) is 8.42 Å². The number of carbonyl (C=O) groups is 1. The molecule has 152 valence electrons. The first-order valence-corrected chi connectivity index (χ1v) is 10.6. The third kappa shape index (κ3) is 5.47. The molecule has 1 saturated carbocycles. The third-order valence-corrected chi connectivity index (χ3v) is 6.27. The Bertz CT molecular complexity index is 920. The van der Waals surface area contributed by atoms with Gasteiger partial charge in [0.05, 0.1) is 10.6 Å². The molecule has 8 heteroatoms. The van der Waals surface area contributed by atoms with Gasteiger partial charge in [0.2, 0.25) is 5.91 Å². The molecule has 0 aromatic heterocycles. The van der Waals surface area contributed by atoms with Crippen molar-refractivity contribution in [1.82, 2.24) is 0 Å². The highest BCUT2D eigenvalue weighted by Crippen LogP contribution is 2.27. The van der Waals surface area contributed by atoms with Crippen LogP contribution < -0.4 is 15.8 Å². The first-order valence-electron chi connectivity index (χ1n) is 9.10. The fraction of sp³-hybridized carbons (Fsp3) is 0.350. The number of nitrogens with two attached hydrogens (primary N) is 1. The van der Waals surface area contributed by atoms with Gasteiger partial charge in [-0.3, -0.25) is 9.52 Å². The summed E-state index contributed by atoms with van der Waals surface area (Å²) in [4.78, 5) is 12.7. The Hall–Kier alpha value is -2.09. The number of rotatable bonds is 5. The van der Waals surface area contributed by atoms with Crippen LogP contribution in [0, 0.1) is 12.8 Å². The maximum atomic E-state index is 12.6. The van der Waals surface area contributed by atoms with Crippen molar-refractivity contribution in [1.29, 1.82) is 0 Å². The molecule has 6 nitrogen and oxygen atoms in total. The smallest absolute Gasteiger partial charge is 0.261 e. The molecule has 0 radical (unpaired) electrons. The van der Waals surface area contributed by atoms with Crippen molar-refractivity contribution < 1.29 is 13.2 Å². The number of anilines is 2. The summed E-state index contributed by atoms with van der Waals surface area (Å²) in [6.45, 7) is 1.81. The largest absolute Gasteiger partial charge is 0.328 e. The van der Waals surface area contributed by atoms with Crippen LogP contribution in [0.4, 0.5) is 11.4 Å². The van der Waals surface area contributed by atoms with Crippen molar-refractivity contribution in [3.05, 3.63) is 54.1 Å². The quantitative estimate of drug-likeness (QED) is 0.682. The number of benzene rings is 2. The van der Waals surface area contributed by atoms with Crippen LogP contribution >= 0.6 is 12.4 Å². The molecule has 0 aliphatic heterocycles. The van der Waals surface area contributed by atoms with Crippen LogP contribution in [-0.4, -0.2) is 20.4 Å². The Kier molecular flexibility index (Phi) is 7.46. The van der Waals surface area contributed by atoms with Crippen LogP contribution in [0.1, 0.15) is 31.2 Å². The number of carbonyl (C=O) groups excluding carboxylic acids is 1. The molecule has 2 aromatic carbocycles. The Labute approximate surface area is 172 Å². The fourth-order valence-corrected chi connectivity index (χ4v) is 4.47. The van der Waals surface area contributed by atoms with E-state index < -0.39 is 10.0 Å². The lowest BCUT2D eigenvalue weighted by Gasteiger charge is -2.25. The first-order chi connectivity index (χ1) is 12.8. The van der Waals surface area contributed by atoms with Crippen molar-refractivity contribution in [3.63, 3.8) is 0 Å². The van der Waals surface area contributed by atoms with Crippen LogP contribution in [-0.2, 0) is 14.8 Å². The summed E-state index contributed by atoms with van der Waals surface area (Å²) in [6.07, 6.45) is 3.43. The van der Waals surface area contributed by atoms with Gasteiger partial charge >= 0.3 is 0 Å². The van der Waals surface area contributed by atoms with E-state index >= 15 is 0 Å². The summed E-state index contributed by atoms with van der Waals surface area (Å²) in [5.41, 5.74) is 7.75. The van der Waals surface area contributed by atoms with Gasteiger partial charge in [-0.2, -0.15) is 0 Å². The molecule has 2 atom stereocenters. The highest BCUT2D eigenvalue weighted by Gasteiger charge is 2.25. The maximum Gasteiger partial charge on any atom is 0.261 e. The van der Waals surface area contributed by atoms with E-state index in [9.17, 15) is 13.2 Å². The predicted octanol–water partition coefficient (Wildman–Crippen LogP) is 3.67. The average Bonchev–Trinajstić information content (AvgIpc) is 2.65. The van der Waals surface area contributed by atoms with Gasteiger partial charge in [0.25, 0.3) is 10.0 Å². The van der Waals surface area contributed by atoms with Crippen LogP contribution in [0.5, 0.6) is 0 Å². The van der Waals surface area contributed by atoms with Crippen molar-refractivity contribution >= 4 is 39.7 Å². The second kappa shape index (κ2) is 9.41. The van der Waals surface area contributed by atoms with Gasteiger partial charge < -0.3 is 11.1 Å². The van der Waals surface area contributed by atoms with Gasteiger partial charge in [0.1, 0.15) is 0 Å². The van der Waals surface area contributed by atoms with Crippen LogP contribution in [0.3, 0.4) is 0 Å². The molecule has 4 N–H and O–H groups in total. The SMILES string of the molecule is Cc1ccc(NC(=O)C2CCCC(N)C2)cc1NS(=O)(=O)c1ccccc1.Cl. The minimum absolute atomic E-state index is 0. The van der Waals surface area contributed by atoms with E-state index in [2.05, 4.69) is 10.0 Å². The Morgan fingerprint density at radius 3 is 2.50 bits per heavy atom. The van der Waals surface area contributed by atoms with E-state index in [0.717, 1.165) is 24.8 Å². The van der Waals surface area contributed by atoms with Gasteiger partial charge in [-0.05, 0) is 56.0 Å². The second-order valence-electron chi connectivity index (χ2n) is 7.06. The van der Waals surface area contributed by atoms with Gasteiger partial charge in [-0.1, -0.05) is 30.7 Å². The number of nitrogens with one attached hydrogen (secondary N) is 2. The van der Waals surface area contributed by atoms with Gasteiger partial charge in [-0.15, -0.1) is 12.4 Å². The predicted molar refractivity (Wildman–Crippen MR) is 114 cm³/mol. The summed E-state index contributed by atoms with van der Waals surface area (Å²) >= 11 is 0. The summed E-state index contributed by atoms with van der Waals surface area (Å²) < 4.78 is 27.7. The zero-order valence-electron chi connectivity index (χ0n) is 15.7. The van der Waals surface area contributed by atoms with Crippen molar-refractivity contribution in [2.24, 2.45) is 11.7 Å². The number of amides is 1. The van der Waals surface area contributed by atoms with Crippen molar-refractivity contribution in [2.75, 3.05) is 10.0 Å². The number of hydrogen-bond donors (Lipinski definition) is 3. The summed E-state index contributed by atoms with van der Waals surface area (Å²) in [5, 5.41) is 2.90. The lowest BCUT2D eigenvalue weighted by Crippen LogP contribution is -2.34. The minimum atomic E-state index is -3.69.